The van der Waals surface area contributed by atoms with Gasteiger partial charge in [0, 0.05) is 53.1 Å². The third-order valence-corrected chi connectivity index (χ3v) is 11.2. The Morgan fingerprint density at radius 1 is 0.604 bits per heavy atom. The lowest BCUT2D eigenvalue weighted by molar-refractivity contribution is 0.414. The van der Waals surface area contributed by atoms with E-state index in [9.17, 15) is 0 Å². The summed E-state index contributed by atoms with van der Waals surface area (Å²) in [6.45, 7) is 2.20. The van der Waals surface area contributed by atoms with Gasteiger partial charge in [0.25, 0.3) is 0 Å². The monoisotopic (exact) mass is 633 g/mol. The van der Waals surface area contributed by atoms with E-state index in [1.807, 2.05) is 11.3 Å². The molecule has 4 aromatic heterocycles. The second kappa shape index (κ2) is 9.31. The number of thiophene rings is 1. The first-order valence-corrected chi connectivity index (χ1v) is 17.1. The number of para-hydroxylation sites is 2. The number of benzene rings is 6. The van der Waals surface area contributed by atoms with Gasteiger partial charge in [0.15, 0.2) is 0 Å². The molecule has 5 nitrogen and oxygen atoms in total. The number of aromatic nitrogens is 3. The van der Waals surface area contributed by atoms with Crippen molar-refractivity contribution in [1.82, 2.24) is 14.0 Å². The Labute approximate surface area is 279 Å². The average Bonchev–Trinajstić information content (AvgIpc) is 3.81. The molecule has 48 heavy (non-hydrogen) atoms. The Morgan fingerprint density at radius 3 is 2.19 bits per heavy atom. The highest BCUT2D eigenvalue weighted by Gasteiger charge is 2.36. The average molecular weight is 634 g/mol. The van der Waals surface area contributed by atoms with Gasteiger partial charge in [-0.15, -0.1) is 11.3 Å². The third-order valence-electron chi connectivity index (χ3n) is 10.0. The van der Waals surface area contributed by atoms with Crippen molar-refractivity contribution in [1.29, 1.82) is 0 Å². The number of fused-ring (bicyclic) bond motifs is 15. The Bertz CT molecular complexity index is 3000. The van der Waals surface area contributed by atoms with Crippen LogP contribution in [0.5, 0.6) is 0 Å². The van der Waals surface area contributed by atoms with Crippen molar-refractivity contribution in [2.24, 2.45) is 4.99 Å². The molecule has 0 fully saturated rings. The molecule has 1 aliphatic rings. The van der Waals surface area contributed by atoms with Gasteiger partial charge in [-0.2, -0.15) is 0 Å². The van der Waals surface area contributed by atoms with E-state index in [4.69, 9.17) is 9.98 Å². The maximum absolute atomic E-state index is 5.63. The number of rotatable bonds is 2. The first-order valence-electron chi connectivity index (χ1n) is 16.3. The topological polar surface area (TPSA) is 46.6 Å². The van der Waals surface area contributed by atoms with Crippen LogP contribution in [0, 0.1) is 0 Å². The molecule has 1 N–H and O–H groups in total. The molecule has 6 aromatic carbocycles. The predicted molar refractivity (Wildman–Crippen MR) is 202 cm³/mol. The highest BCUT2D eigenvalue weighted by molar-refractivity contribution is 7.26. The standard InChI is InChI=1S/C42H27N5S/c1-42(44-31-20-10-7-17-28(31)37(45-42)25-13-3-2-4-14-25)47-33-21-11-8-18-29(33)38-39(47)26-15-5-6-16-27(26)41-43-32-23-24-35-36(40(32)46(38)41)30-19-9-12-22-34(30)48-35/h2-24,44H,1H3. The fourth-order valence-electron chi connectivity index (χ4n) is 8.09. The lowest BCUT2D eigenvalue weighted by Crippen LogP contribution is -2.41. The van der Waals surface area contributed by atoms with Crippen LogP contribution in [-0.4, -0.2) is 19.7 Å². The Balaban J connectivity index is 1.37. The minimum absolute atomic E-state index is 0.849. The van der Waals surface area contributed by atoms with E-state index in [-0.39, 0.29) is 0 Å². The lowest BCUT2D eigenvalue weighted by Gasteiger charge is -2.37. The van der Waals surface area contributed by atoms with Crippen LogP contribution in [0.3, 0.4) is 0 Å². The maximum atomic E-state index is 5.63. The molecule has 0 saturated carbocycles. The van der Waals surface area contributed by atoms with Gasteiger partial charge in [0.1, 0.15) is 5.65 Å². The highest BCUT2D eigenvalue weighted by atomic mass is 32.1. The van der Waals surface area contributed by atoms with Gasteiger partial charge in [0.05, 0.1) is 33.3 Å². The van der Waals surface area contributed by atoms with Gasteiger partial charge in [-0.25, -0.2) is 9.98 Å². The smallest absolute Gasteiger partial charge is 0.209 e. The van der Waals surface area contributed by atoms with E-state index >= 15 is 0 Å². The van der Waals surface area contributed by atoms with Crippen LogP contribution in [0.25, 0.3) is 69.6 Å². The number of nitrogens with zero attached hydrogens (tertiary/aromatic N) is 4. The molecule has 10 aromatic rings. The van der Waals surface area contributed by atoms with Gasteiger partial charge in [-0.1, -0.05) is 109 Å². The van der Waals surface area contributed by atoms with Gasteiger partial charge < -0.3 is 5.32 Å². The zero-order valence-corrected chi connectivity index (χ0v) is 26.8. The van der Waals surface area contributed by atoms with Crippen LogP contribution in [0.15, 0.2) is 145 Å². The summed E-state index contributed by atoms with van der Waals surface area (Å²) in [5.41, 5.74) is 10.7. The van der Waals surface area contributed by atoms with Crippen molar-refractivity contribution >= 4 is 92.3 Å². The Kier molecular flexibility index (Phi) is 5.07. The van der Waals surface area contributed by atoms with Crippen molar-refractivity contribution in [3.63, 3.8) is 0 Å². The molecular weight excluding hydrogens is 607 g/mol. The van der Waals surface area contributed by atoms with Crippen LogP contribution in [0.2, 0.25) is 0 Å². The number of hydrogen-bond acceptors (Lipinski definition) is 4. The first kappa shape index (κ1) is 26.1. The second-order valence-electron chi connectivity index (χ2n) is 12.8. The maximum Gasteiger partial charge on any atom is 0.209 e. The SMILES string of the molecule is CC1(n2c3ccccc3c3c2c2ccccc2c2nc4ccc5sc6ccccc6c5c4n23)N=C(c2ccccc2)c2ccccc2N1. The lowest BCUT2D eigenvalue weighted by atomic mass is 9.98. The van der Waals surface area contributed by atoms with Crippen molar-refractivity contribution in [3.8, 4) is 0 Å². The number of hydrogen-bond donors (Lipinski definition) is 1. The minimum Gasteiger partial charge on any atom is -0.344 e. The Morgan fingerprint density at radius 2 is 1.31 bits per heavy atom. The van der Waals surface area contributed by atoms with E-state index < -0.39 is 5.79 Å². The molecular formula is C42H27N5S. The minimum atomic E-state index is -0.849. The molecule has 1 aliphatic heterocycles. The van der Waals surface area contributed by atoms with Crippen molar-refractivity contribution in [3.05, 3.63) is 151 Å². The van der Waals surface area contributed by atoms with Crippen molar-refractivity contribution in [2.75, 3.05) is 5.32 Å². The van der Waals surface area contributed by atoms with Crippen LogP contribution in [0.1, 0.15) is 18.1 Å². The number of pyridine rings is 1. The summed E-state index contributed by atoms with van der Waals surface area (Å²) < 4.78 is 7.42. The number of nitrogens with one attached hydrogen (secondary N) is 1. The molecule has 0 amide bonds. The molecule has 0 radical (unpaired) electrons. The quantitative estimate of drug-likeness (QED) is 0.206. The molecule has 0 bridgehead atoms. The number of anilines is 1. The summed E-state index contributed by atoms with van der Waals surface area (Å²) in [5.74, 6) is -0.849. The molecule has 0 aliphatic carbocycles. The molecule has 226 valence electrons. The molecule has 0 spiro atoms. The van der Waals surface area contributed by atoms with Gasteiger partial charge >= 0.3 is 0 Å². The molecule has 5 heterocycles. The van der Waals surface area contributed by atoms with Crippen LogP contribution >= 0.6 is 11.3 Å². The van der Waals surface area contributed by atoms with Gasteiger partial charge in [0.2, 0.25) is 5.79 Å². The normalized spacial score (nSPS) is 16.4. The van der Waals surface area contributed by atoms with Crippen molar-refractivity contribution in [2.45, 2.75) is 12.7 Å². The largest absolute Gasteiger partial charge is 0.344 e. The van der Waals surface area contributed by atoms with E-state index in [1.165, 1.54) is 20.2 Å². The Hall–Kier alpha value is -5.98. The summed E-state index contributed by atoms with van der Waals surface area (Å²) in [7, 11) is 0. The van der Waals surface area contributed by atoms with E-state index in [1.54, 1.807) is 0 Å². The molecule has 0 saturated heterocycles. The second-order valence-corrected chi connectivity index (χ2v) is 13.9. The zero-order valence-electron chi connectivity index (χ0n) is 26.0. The molecule has 11 rings (SSSR count). The summed E-state index contributed by atoms with van der Waals surface area (Å²) in [5, 5.41) is 9.86. The third kappa shape index (κ3) is 3.34. The summed E-state index contributed by atoms with van der Waals surface area (Å²) >= 11 is 1.85. The number of imidazole rings is 1. The molecule has 1 unspecified atom stereocenters. The predicted octanol–water partition coefficient (Wildman–Crippen LogP) is 10.7. The number of aliphatic imine (C=N–C) groups is 1. The summed E-state index contributed by atoms with van der Waals surface area (Å²) in [4.78, 5) is 11.0. The van der Waals surface area contributed by atoms with Crippen LogP contribution in [0.4, 0.5) is 5.69 Å². The summed E-state index contributed by atoms with van der Waals surface area (Å²) in [6, 6.07) is 49.7. The van der Waals surface area contributed by atoms with E-state index in [2.05, 4.69) is 161 Å². The van der Waals surface area contributed by atoms with Crippen LogP contribution < -0.4 is 5.32 Å². The summed E-state index contributed by atoms with van der Waals surface area (Å²) in [6.07, 6.45) is 0. The molecule has 1 atom stereocenters. The van der Waals surface area contributed by atoms with E-state index in [0.717, 1.165) is 71.9 Å². The highest BCUT2D eigenvalue weighted by Crippen LogP contribution is 2.46. The zero-order chi connectivity index (χ0) is 31.6. The fourth-order valence-corrected chi connectivity index (χ4v) is 9.20. The first-order chi connectivity index (χ1) is 23.7. The van der Waals surface area contributed by atoms with Gasteiger partial charge in [-0.05, 0) is 37.3 Å². The van der Waals surface area contributed by atoms with Crippen molar-refractivity contribution < 1.29 is 0 Å². The van der Waals surface area contributed by atoms with Crippen LogP contribution in [-0.2, 0) is 5.79 Å². The fraction of sp³-hybridized carbons (Fsp3) is 0.0476. The van der Waals surface area contributed by atoms with E-state index in [0.29, 0.717) is 0 Å². The van der Waals surface area contributed by atoms with Gasteiger partial charge in [-0.3, -0.25) is 8.97 Å². The molecule has 6 heteroatoms.